The number of rotatable bonds is 82. The molecule has 0 fully saturated rings. The Labute approximate surface area is 638 Å². The van der Waals surface area contributed by atoms with Gasteiger partial charge in [0, 0.05) is 25.7 Å². The predicted molar refractivity (Wildman–Crippen MR) is 428 cm³/mol. The number of ether oxygens (including phenoxy) is 4. The van der Waals surface area contributed by atoms with Crippen molar-refractivity contribution in [2.75, 3.05) is 39.6 Å². The van der Waals surface area contributed by atoms with Gasteiger partial charge in [0.1, 0.15) is 19.3 Å². The third kappa shape index (κ3) is 75.5. The smallest absolute Gasteiger partial charge is 0.462 e. The Morgan fingerprint density at radius 1 is 0.269 bits per heavy atom. The average Bonchev–Trinajstić information content (AvgIpc) is 0.920. The van der Waals surface area contributed by atoms with Crippen LogP contribution < -0.4 is 0 Å². The maximum absolute atomic E-state index is 13.1. The molecule has 3 N–H and O–H groups in total. The van der Waals surface area contributed by atoms with E-state index < -0.39 is 97.5 Å². The Morgan fingerprint density at radius 3 is 0.683 bits per heavy atom. The first-order valence-electron chi connectivity index (χ1n) is 43.8. The molecular formula is C85H166O17P2. The topological polar surface area (TPSA) is 237 Å². The lowest BCUT2D eigenvalue weighted by Crippen LogP contribution is -2.30. The van der Waals surface area contributed by atoms with Crippen molar-refractivity contribution in [1.29, 1.82) is 0 Å². The predicted octanol–water partition coefficient (Wildman–Crippen LogP) is 25.6. The molecule has 0 radical (unpaired) electrons. The van der Waals surface area contributed by atoms with Gasteiger partial charge in [0.2, 0.25) is 0 Å². The molecule has 0 aromatic heterocycles. The van der Waals surface area contributed by atoms with Crippen molar-refractivity contribution in [1.82, 2.24) is 0 Å². The van der Waals surface area contributed by atoms with Crippen molar-refractivity contribution in [3.05, 3.63) is 0 Å². The zero-order chi connectivity index (χ0) is 76.7. The van der Waals surface area contributed by atoms with Crippen LogP contribution in [0.3, 0.4) is 0 Å². The first-order valence-corrected chi connectivity index (χ1v) is 46.8. The van der Waals surface area contributed by atoms with Gasteiger partial charge in [-0.15, -0.1) is 0 Å². The van der Waals surface area contributed by atoms with Crippen LogP contribution in [0.1, 0.15) is 441 Å². The maximum atomic E-state index is 13.1. The number of hydrogen-bond donors (Lipinski definition) is 3. The van der Waals surface area contributed by atoms with Gasteiger partial charge in [-0.1, -0.05) is 389 Å². The Balaban J connectivity index is 5.25. The second-order valence-corrected chi connectivity index (χ2v) is 34.9. The number of carbonyl (C=O) groups excluding carboxylic acids is 4. The second kappa shape index (κ2) is 73.8. The first kappa shape index (κ1) is 102. The number of esters is 4. The zero-order valence-electron chi connectivity index (χ0n) is 68.7. The van der Waals surface area contributed by atoms with E-state index in [4.69, 9.17) is 37.0 Å². The van der Waals surface area contributed by atoms with Crippen molar-refractivity contribution in [3.8, 4) is 0 Å². The van der Waals surface area contributed by atoms with E-state index in [9.17, 15) is 43.2 Å². The molecule has 0 aliphatic heterocycles. The van der Waals surface area contributed by atoms with Gasteiger partial charge in [0.15, 0.2) is 12.2 Å². The Hall–Kier alpha value is -1.94. The van der Waals surface area contributed by atoms with E-state index in [-0.39, 0.29) is 25.7 Å². The molecule has 0 saturated heterocycles. The highest BCUT2D eigenvalue weighted by Gasteiger charge is 2.30. The molecule has 0 aromatic carbocycles. The summed E-state index contributed by atoms with van der Waals surface area (Å²) in [6.07, 6.45) is 62.4. The molecule has 4 unspecified atom stereocenters. The molecule has 0 bridgehead atoms. The largest absolute Gasteiger partial charge is 0.472 e. The third-order valence-electron chi connectivity index (χ3n) is 20.5. The molecular weight excluding hydrogens is 1350 g/mol. The minimum Gasteiger partial charge on any atom is -0.462 e. The summed E-state index contributed by atoms with van der Waals surface area (Å²) < 4.78 is 68.9. The van der Waals surface area contributed by atoms with E-state index in [1.54, 1.807) is 0 Å². The van der Waals surface area contributed by atoms with Gasteiger partial charge in [-0.3, -0.25) is 37.3 Å². The highest BCUT2D eigenvalue weighted by atomic mass is 31.2. The molecule has 0 saturated carbocycles. The Kier molecular flexibility index (Phi) is 72.5. The molecule has 0 spiro atoms. The van der Waals surface area contributed by atoms with Crippen LogP contribution in [0.4, 0.5) is 0 Å². The lowest BCUT2D eigenvalue weighted by Gasteiger charge is -2.21. The van der Waals surface area contributed by atoms with Crippen LogP contribution >= 0.6 is 15.6 Å². The van der Waals surface area contributed by atoms with E-state index >= 15 is 0 Å². The summed E-state index contributed by atoms with van der Waals surface area (Å²) in [5.74, 6) is 1.09. The molecule has 0 heterocycles. The summed E-state index contributed by atoms with van der Waals surface area (Å²) in [7, 11) is -9.93. The third-order valence-corrected chi connectivity index (χ3v) is 22.4. The second-order valence-electron chi connectivity index (χ2n) is 32.0. The Morgan fingerprint density at radius 2 is 0.462 bits per heavy atom. The number of phosphoric acid groups is 2. The van der Waals surface area contributed by atoms with Crippen molar-refractivity contribution in [3.63, 3.8) is 0 Å². The van der Waals surface area contributed by atoms with Crippen molar-refractivity contribution in [2.24, 2.45) is 23.7 Å². The lowest BCUT2D eigenvalue weighted by molar-refractivity contribution is -0.161. The summed E-state index contributed by atoms with van der Waals surface area (Å²) in [5, 5.41) is 10.7. The van der Waals surface area contributed by atoms with Gasteiger partial charge >= 0.3 is 39.5 Å². The fourth-order valence-electron chi connectivity index (χ4n) is 13.1. The van der Waals surface area contributed by atoms with Crippen LogP contribution in [0.5, 0.6) is 0 Å². The summed E-state index contributed by atoms with van der Waals surface area (Å²) in [6.45, 7) is 14.4. The fraction of sp³-hybridized carbons (Fsp3) is 0.953. The highest BCUT2D eigenvalue weighted by molar-refractivity contribution is 7.47. The van der Waals surface area contributed by atoms with E-state index in [1.807, 2.05) is 0 Å². The van der Waals surface area contributed by atoms with Gasteiger partial charge in [0.25, 0.3) is 0 Å². The number of aliphatic hydroxyl groups is 1. The lowest BCUT2D eigenvalue weighted by atomic mass is 9.99. The van der Waals surface area contributed by atoms with Gasteiger partial charge in [-0.2, -0.15) is 0 Å². The van der Waals surface area contributed by atoms with Crippen molar-refractivity contribution in [2.45, 2.75) is 459 Å². The maximum Gasteiger partial charge on any atom is 0.472 e. The van der Waals surface area contributed by atoms with Crippen LogP contribution in [0.25, 0.3) is 0 Å². The quantitative estimate of drug-likeness (QED) is 0.0222. The van der Waals surface area contributed by atoms with E-state index in [0.29, 0.717) is 25.7 Å². The van der Waals surface area contributed by atoms with E-state index in [1.165, 1.54) is 244 Å². The number of hydrogen-bond acceptors (Lipinski definition) is 15. The molecule has 618 valence electrons. The molecule has 0 amide bonds. The zero-order valence-corrected chi connectivity index (χ0v) is 70.5. The minimum atomic E-state index is -4.97. The van der Waals surface area contributed by atoms with Crippen LogP contribution in [-0.2, 0) is 65.4 Å². The van der Waals surface area contributed by atoms with Gasteiger partial charge < -0.3 is 33.8 Å². The average molecular weight is 1520 g/mol. The van der Waals surface area contributed by atoms with Crippen molar-refractivity contribution >= 4 is 39.5 Å². The Bertz CT molecular complexity index is 2030. The molecule has 17 nitrogen and oxygen atoms in total. The number of aliphatic hydroxyl groups excluding tert-OH is 1. The summed E-state index contributed by atoms with van der Waals surface area (Å²) in [4.78, 5) is 73.2. The number of carbonyl (C=O) groups is 4. The number of phosphoric ester groups is 2. The summed E-state index contributed by atoms with van der Waals surface area (Å²) >= 11 is 0. The van der Waals surface area contributed by atoms with Crippen molar-refractivity contribution < 1.29 is 80.2 Å². The molecule has 7 atom stereocenters. The monoisotopic (exact) mass is 1520 g/mol. The van der Waals surface area contributed by atoms with Crippen LogP contribution in [0.2, 0.25) is 0 Å². The first-order chi connectivity index (χ1) is 50.2. The fourth-order valence-corrected chi connectivity index (χ4v) is 14.7. The molecule has 0 aromatic rings. The molecule has 104 heavy (non-hydrogen) atoms. The van der Waals surface area contributed by atoms with Crippen LogP contribution in [-0.4, -0.2) is 96.7 Å². The van der Waals surface area contributed by atoms with Gasteiger partial charge in [-0.25, -0.2) is 9.13 Å². The highest BCUT2D eigenvalue weighted by Crippen LogP contribution is 2.45. The SMILES string of the molecule is CCC(C)CCCCCCCCCCCCCCCCC(=O)OC[C@H](COP(=O)(O)OC[C@@H](O)COP(=O)(O)OC[C@@H](COC(=O)CCCCCCCCCCC(C)CC)OC(=O)CCCCCCCCCCCCC(C)C)OC(=O)CCCCCCCCCCCCCCCCCCCCC(C)C. The molecule has 19 heteroatoms. The van der Waals surface area contributed by atoms with Gasteiger partial charge in [0.05, 0.1) is 26.4 Å². The molecule has 0 aliphatic carbocycles. The van der Waals surface area contributed by atoms with Crippen LogP contribution in [0, 0.1) is 23.7 Å². The standard InChI is InChI=1S/C85H166O17P2/c1-9-77(7)63-55-47-39-31-24-20-17-18-21-25-32-41-49-57-65-82(87)95-71-80(101-84(89)67-59-51-43-33-26-22-16-14-12-11-13-15-19-23-29-37-45-53-61-75(3)4)73-99-103(91,92)97-69-79(86)70-98-104(93,94)100-74-81(72-96-83(88)66-58-50-42-36-35-40-48-56-64-78(8)10-2)102-85(90)68-60-52-44-34-28-27-30-38-46-54-62-76(5)6/h75-81,86H,9-74H2,1-8H3,(H,91,92)(H,93,94)/t77?,78?,79-,80-,81-/m1/s1. The van der Waals surface area contributed by atoms with E-state index in [0.717, 1.165) is 114 Å². The minimum absolute atomic E-state index is 0.105. The number of unbranched alkanes of at least 4 members (excludes halogenated alkanes) is 46. The molecule has 0 aliphatic rings. The van der Waals surface area contributed by atoms with E-state index in [2.05, 4.69) is 55.4 Å². The summed E-state index contributed by atoms with van der Waals surface area (Å²) in [6, 6.07) is 0. The molecule has 0 rings (SSSR count). The van der Waals surface area contributed by atoms with Crippen LogP contribution in [0.15, 0.2) is 0 Å². The summed E-state index contributed by atoms with van der Waals surface area (Å²) in [5.41, 5.74) is 0. The normalized spacial score (nSPS) is 14.5. The van der Waals surface area contributed by atoms with Gasteiger partial charge in [-0.05, 0) is 49.4 Å².